The fourth-order valence-corrected chi connectivity index (χ4v) is 4.64. The number of carbonyl (C=O) groups is 1. The van der Waals surface area contributed by atoms with Crippen molar-refractivity contribution in [3.63, 3.8) is 0 Å². The predicted octanol–water partition coefficient (Wildman–Crippen LogP) is 3.94. The third-order valence-electron chi connectivity index (χ3n) is 6.51. The summed E-state index contributed by atoms with van der Waals surface area (Å²) >= 11 is 0. The zero-order valence-electron chi connectivity index (χ0n) is 20.0. The molecule has 2 aromatic heterocycles. The average Bonchev–Trinajstić information content (AvgIpc) is 3.15. The lowest BCUT2D eigenvalue weighted by molar-refractivity contribution is 0.0689. The summed E-state index contributed by atoms with van der Waals surface area (Å²) in [7, 11) is 1.75. The number of likely N-dealkylation sites (tertiary alicyclic amines) is 1. The van der Waals surface area contributed by atoms with Crippen molar-refractivity contribution in [2.75, 3.05) is 19.7 Å². The fraction of sp³-hybridized carbons (Fsp3) is 0.520. The Kier molecular flexibility index (Phi) is 6.81. The summed E-state index contributed by atoms with van der Waals surface area (Å²) in [5.74, 6) is 1.68. The van der Waals surface area contributed by atoms with Crippen LogP contribution in [0, 0.1) is 5.92 Å². The first kappa shape index (κ1) is 23.0. The summed E-state index contributed by atoms with van der Waals surface area (Å²) in [4.78, 5) is 35.8. The second-order valence-electron chi connectivity index (χ2n) is 8.72. The van der Waals surface area contributed by atoms with Crippen LogP contribution in [-0.2, 0) is 13.5 Å². The van der Waals surface area contributed by atoms with Crippen LogP contribution in [0.5, 0.6) is 5.75 Å². The third-order valence-corrected chi connectivity index (χ3v) is 6.51. The van der Waals surface area contributed by atoms with E-state index in [2.05, 4.69) is 23.9 Å². The quantitative estimate of drug-likeness (QED) is 0.587. The van der Waals surface area contributed by atoms with E-state index in [0.29, 0.717) is 46.3 Å². The SMILES string of the molecule is CCCc1nn(C)c2c(=O)[nH]c(-c3cc(C(=O)N4CCC(CC)CC4)ccc3OCC)nc12. The molecule has 0 radical (unpaired) electrons. The molecule has 176 valence electrons. The zero-order chi connectivity index (χ0) is 23.5. The van der Waals surface area contributed by atoms with Crippen LogP contribution in [-0.4, -0.2) is 50.3 Å². The normalized spacial score (nSPS) is 14.7. The van der Waals surface area contributed by atoms with Crippen LogP contribution < -0.4 is 10.3 Å². The second-order valence-corrected chi connectivity index (χ2v) is 8.72. The van der Waals surface area contributed by atoms with Gasteiger partial charge in [0.2, 0.25) is 0 Å². The van der Waals surface area contributed by atoms with Crippen LogP contribution in [0.1, 0.15) is 62.5 Å². The van der Waals surface area contributed by atoms with Gasteiger partial charge in [-0.1, -0.05) is 26.7 Å². The number of rotatable bonds is 7. The van der Waals surface area contributed by atoms with Crippen LogP contribution in [0.4, 0.5) is 0 Å². The number of nitrogens with zero attached hydrogens (tertiary/aromatic N) is 4. The first-order valence-electron chi connectivity index (χ1n) is 12.0. The van der Waals surface area contributed by atoms with Crippen LogP contribution in [0.2, 0.25) is 0 Å². The zero-order valence-corrected chi connectivity index (χ0v) is 20.0. The first-order chi connectivity index (χ1) is 16.0. The first-order valence-corrected chi connectivity index (χ1v) is 12.0. The lowest BCUT2D eigenvalue weighted by Gasteiger charge is -2.31. The van der Waals surface area contributed by atoms with Gasteiger partial charge < -0.3 is 14.6 Å². The number of aromatic nitrogens is 4. The van der Waals surface area contributed by atoms with E-state index in [4.69, 9.17) is 9.72 Å². The monoisotopic (exact) mass is 451 g/mol. The third kappa shape index (κ3) is 4.51. The van der Waals surface area contributed by atoms with Crippen molar-refractivity contribution in [3.05, 3.63) is 39.8 Å². The molecular weight excluding hydrogens is 418 g/mol. The van der Waals surface area contributed by atoms with Gasteiger partial charge in [0.15, 0.2) is 5.52 Å². The van der Waals surface area contributed by atoms with E-state index in [9.17, 15) is 9.59 Å². The van der Waals surface area contributed by atoms with Crippen molar-refractivity contribution in [3.8, 4) is 17.1 Å². The van der Waals surface area contributed by atoms with Crippen molar-refractivity contribution in [1.29, 1.82) is 0 Å². The maximum absolute atomic E-state index is 13.2. The van der Waals surface area contributed by atoms with E-state index in [-0.39, 0.29) is 11.5 Å². The molecule has 3 aromatic rings. The Labute approximate surface area is 194 Å². The molecule has 1 aromatic carbocycles. The fourth-order valence-electron chi connectivity index (χ4n) is 4.64. The van der Waals surface area contributed by atoms with E-state index < -0.39 is 0 Å². The maximum Gasteiger partial charge on any atom is 0.277 e. The van der Waals surface area contributed by atoms with E-state index in [0.717, 1.165) is 50.9 Å². The number of H-pyrrole nitrogens is 1. The lowest BCUT2D eigenvalue weighted by Crippen LogP contribution is -2.38. The van der Waals surface area contributed by atoms with Crippen molar-refractivity contribution in [2.24, 2.45) is 13.0 Å². The highest BCUT2D eigenvalue weighted by Gasteiger charge is 2.24. The Bertz CT molecular complexity index is 1200. The van der Waals surface area contributed by atoms with Crippen LogP contribution in [0.15, 0.2) is 23.0 Å². The second kappa shape index (κ2) is 9.77. The van der Waals surface area contributed by atoms with E-state index >= 15 is 0 Å². The molecule has 1 N–H and O–H groups in total. The Hall–Kier alpha value is -3.16. The number of benzene rings is 1. The molecule has 1 amide bonds. The molecule has 0 spiro atoms. The van der Waals surface area contributed by atoms with Gasteiger partial charge in [0.1, 0.15) is 17.1 Å². The molecular formula is C25H33N5O3. The number of aryl methyl sites for hydroxylation is 2. The van der Waals surface area contributed by atoms with Gasteiger partial charge in [0.05, 0.1) is 17.9 Å². The summed E-state index contributed by atoms with van der Waals surface area (Å²) in [5.41, 5.74) is 2.77. The summed E-state index contributed by atoms with van der Waals surface area (Å²) in [6.07, 6.45) is 4.87. The highest BCUT2D eigenvalue weighted by Crippen LogP contribution is 2.31. The van der Waals surface area contributed by atoms with Crippen LogP contribution >= 0.6 is 0 Å². The number of hydrogen-bond donors (Lipinski definition) is 1. The Balaban J connectivity index is 1.76. The number of amides is 1. The molecule has 0 atom stereocenters. The van der Waals surface area contributed by atoms with Gasteiger partial charge in [-0.05, 0) is 50.3 Å². The molecule has 0 aliphatic carbocycles. The van der Waals surface area contributed by atoms with Crippen molar-refractivity contribution >= 4 is 16.9 Å². The standard InChI is InChI=1S/C25H33N5O3/c1-5-8-19-21-22(29(4)28-19)24(31)27-23(26-21)18-15-17(9-10-20(18)33-7-3)25(32)30-13-11-16(6-2)12-14-30/h9-10,15-16H,5-8,11-14H2,1-4H3,(H,26,27,31). The molecule has 8 heteroatoms. The molecule has 1 saturated heterocycles. The minimum absolute atomic E-state index is 0.00493. The summed E-state index contributed by atoms with van der Waals surface area (Å²) in [6, 6.07) is 5.39. The Morgan fingerprint density at radius 1 is 1.21 bits per heavy atom. The Morgan fingerprint density at radius 2 is 1.97 bits per heavy atom. The number of carbonyl (C=O) groups excluding carboxylic acids is 1. The van der Waals surface area contributed by atoms with E-state index in [1.165, 1.54) is 0 Å². The van der Waals surface area contributed by atoms with E-state index in [1.807, 2.05) is 11.8 Å². The van der Waals surface area contributed by atoms with Crippen molar-refractivity contribution in [1.82, 2.24) is 24.6 Å². The maximum atomic E-state index is 13.2. The van der Waals surface area contributed by atoms with Crippen molar-refractivity contribution < 1.29 is 9.53 Å². The minimum atomic E-state index is -0.256. The molecule has 4 rings (SSSR count). The molecule has 33 heavy (non-hydrogen) atoms. The van der Waals surface area contributed by atoms with Gasteiger partial charge in [0, 0.05) is 25.7 Å². The van der Waals surface area contributed by atoms with Crippen LogP contribution in [0.25, 0.3) is 22.4 Å². The van der Waals surface area contributed by atoms with Gasteiger partial charge in [-0.3, -0.25) is 14.3 Å². The molecule has 8 nitrogen and oxygen atoms in total. The number of nitrogens with one attached hydrogen (secondary N) is 1. The van der Waals surface area contributed by atoms with Gasteiger partial charge in [0.25, 0.3) is 11.5 Å². The number of fused-ring (bicyclic) bond motifs is 1. The number of hydrogen-bond acceptors (Lipinski definition) is 5. The topological polar surface area (TPSA) is 93.1 Å². The molecule has 1 aliphatic heterocycles. The summed E-state index contributed by atoms with van der Waals surface area (Å²) < 4.78 is 7.41. The average molecular weight is 452 g/mol. The summed E-state index contributed by atoms with van der Waals surface area (Å²) in [6.45, 7) is 8.19. The molecule has 0 bridgehead atoms. The van der Waals surface area contributed by atoms with Gasteiger partial charge in [-0.15, -0.1) is 0 Å². The largest absolute Gasteiger partial charge is 0.493 e. The van der Waals surface area contributed by atoms with Crippen molar-refractivity contribution in [2.45, 2.75) is 52.9 Å². The highest BCUT2D eigenvalue weighted by atomic mass is 16.5. The molecule has 1 aliphatic rings. The smallest absolute Gasteiger partial charge is 0.277 e. The molecule has 3 heterocycles. The lowest BCUT2D eigenvalue weighted by atomic mass is 9.94. The number of piperidine rings is 1. The number of aromatic amines is 1. The number of ether oxygens (including phenoxy) is 1. The van der Waals surface area contributed by atoms with Gasteiger partial charge in [-0.2, -0.15) is 5.10 Å². The minimum Gasteiger partial charge on any atom is -0.493 e. The van der Waals surface area contributed by atoms with Crippen LogP contribution in [0.3, 0.4) is 0 Å². The Morgan fingerprint density at radius 3 is 2.64 bits per heavy atom. The summed E-state index contributed by atoms with van der Waals surface area (Å²) in [5, 5.41) is 4.50. The molecule has 1 fully saturated rings. The van der Waals surface area contributed by atoms with Gasteiger partial charge in [-0.25, -0.2) is 4.98 Å². The molecule has 0 saturated carbocycles. The predicted molar refractivity (Wildman–Crippen MR) is 129 cm³/mol. The highest BCUT2D eigenvalue weighted by molar-refractivity contribution is 5.96. The van der Waals surface area contributed by atoms with Gasteiger partial charge >= 0.3 is 0 Å². The van der Waals surface area contributed by atoms with E-state index in [1.54, 1.807) is 29.9 Å². The molecule has 0 unspecified atom stereocenters.